The standard InChI is InChI=1S/C19H11N3O6/c1-10-3-2-4-12(5-10)20-18(23)15-8-13(21(25)26)6-11-7-14(22(27)28)9-16(17(11)15)19(20)24/h2-9H,1H3. The molecule has 0 fully saturated rings. The first-order valence-corrected chi connectivity index (χ1v) is 8.14. The summed E-state index contributed by atoms with van der Waals surface area (Å²) in [7, 11) is 0. The zero-order valence-electron chi connectivity index (χ0n) is 14.4. The van der Waals surface area contributed by atoms with E-state index in [2.05, 4.69) is 0 Å². The van der Waals surface area contributed by atoms with Crippen molar-refractivity contribution >= 4 is 39.6 Å². The fourth-order valence-corrected chi connectivity index (χ4v) is 3.37. The first kappa shape index (κ1) is 17.3. The molecule has 1 heterocycles. The molecule has 0 N–H and O–H groups in total. The van der Waals surface area contributed by atoms with Gasteiger partial charge in [-0.1, -0.05) is 12.1 Å². The van der Waals surface area contributed by atoms with Crippen molar-refractivity contribution in [3.63, 3.8) is 0 Å². The van der Waals surface area contributed by atoms with Crippen LogP contribution >= 0.6 is 0 Å². The Hall–Kier alpha value is -4.14. The fraction of sp³-hybridized carbons (Fsp3) is 0.0526. The van der Waals surface area contributed by atoms with Crippen LogP contribution in [0.5, 0.6) is 0 Å². The molecule has 0 bridgehead atoms. The number of nitro benzene ring substituents is 2. The molecule has 0 spiro atoms. The molecule has 4 rings (SSSR count). The Morgan fingerprint density at radius 2 is 1.36 bits per heavy atom. The summed E-state index contributed by atoms with van der Waals surface area (Å²) < 4.78 is 0. The smallest absolute Gasteiger partial charge is 0.268 e. The van der Waals surface area contributed by atoms with Crippen molar-refractivity contribution in [2.45, 2.75) is 6.92 Å². The number of nitro groups is 2. The van der Waals surface area contributed by atoms with Crippen molar-refractivity contribution < 1.29 is 19.4 Å². The highest BCUT2D eigenvalue weighted by molar-refractivity contribution is 6.36. The molecule has 9 heteroatoms. The van der Waals surface area contributed by atoms with Crippen molar-refractivity contribution in [3.05, 3.63) is 85.4 Å². The molecular weight excluding hydrogens is 366 g/mol. The normalized spacial score (nSPS) is 13.1. The number of anilines is 1. The van der Waals surface area contributed by atoms with E-state index in [-0.39, 0.29) is 39.0 Å². The number of imide groups is 1. The maximum Gasteiger partial charge on any atom is 0.270 e. The maximum atomic E-state index is 13.1. The van der Waals surface area contributed by atoms with Crippen molar-refractivity contribution in [1.82, 2.24) is 0 Å². The first-order valence-electron chi connectivity index (χ1n) is 8.14. The van der Waals surface area contributed by atoms with Crippen LogP contribution in [0.3, 0.4) is 0 Å². The Balaban J connectivity index is 2.07. The summed E-state index contributed by atoms with van der Waals surface area (Å²) in [6.07, 6.45) is 0. The number of amides is 2. The maximum absolute atomic E-state index is 13.1. The molecule has 0 aliphatic carbocycles. The Morgan fingerprint density at radius 3 is 1.82 bits per heavy atom. The van der Waals surface area contributed by atoms with E-state index in [0.717, 1.165) is 34.7 Å². The summed E-state index contributed by atoms with van der Waals surface area (Å²) in [4.78, 5) is 48.2. The largest absolute Gasteiger partial charge is 0.270 e. The van der Waals surface area contributed by atoms with Crippen LogP contribution in [0.1, 0.15) is 26.3 Å². The van der Waals surface area contributed by atoms with Gasteiger partial charge in [0, 0.05) is 29.7 Å². The third-order valence-electron chi connectivity index (χ3n) is 4.57. The van der Waals surface area contributed by atoms with Crippen molar-refractivity contribution in [2.24, 2.45) is 0 Å². The summed E-state index contributed by atoms with van der Waals surface area (Å²) in [5.41, 5.74) is 0.214. The zero-order valence-corrected chi connectivity index (χ0v) is 14.4. The molecule has 9 nitrogen and oxygen atoms in total. The molecule has 138 valence electrons. The van der Waals surface area contributed by atoms with Gasteiger partial charge in [0.1, 0.15) is 0 Å². The van der Waals surface area contributed by atoms with Gasteiger partial charge in [-0.3, -0.25) is 29.8 Å². The van der Waals surface area contributed by atoms with Crippen molar-refractivity contribution in [1.29, 1.82) is 0 Å². The average Bonchev–Trinajstić information content (AvgIpc) is 2.65. The second kappa shape index (κ2) is 5.95. The number of hydrogen-bond acceptors (Lipinski definition) is 6. The number of benzene rings is 3. The van der Waals surface area contributed by atoms with Gasteiger partial charge in [0.15, 0.2) is 0 Å². The lowest BCUT2D eigenvalue weighted by Gasteiger charge is -2.27. The van der Waals surface area contributed by atoms with Gasteiger partial charge < -0.3 is 0 Å². The van der Waals surface area contributed by atoms with Gasteiger partial charge in [-0.05, 0) is 30.0 Å². The molecular formula is C19H11N3O6. The van der Waals surface area contributed by atoms with Gasteiger partial charge in [-0.25, -0.2) is 4.90 Å². The SMILES string of the molecule is Cc1cccc(N2C(=O)c3cc([N+](=O)[O-])cc4cc([N+](=O)[O-])cc(c34)C2=O)c1. The van der Waals surface area contributed by atoms with E-state index in [1.807, 2.05) is 0 Å². The Bertz CT molecular complexity index is 1170. The number of hydrogen-bond donors (Lipinski definition) is 0. The minimum atomic E-state index is -0.717. The molecule has 2 amide bonds. The average molecular weight is 377 g/mol. The zero-order chi connectivity index (χ0) is 20.2. The summed E-state index contributed by atoms with van der Waals surface area (Å²) >= 11 is 0. The van der Waals surface area contributed by atoms with Crippen LogP contribution in [0.2, 0.25) is 0 Å². The Kier molecular flexibility index (Phi) is 3.67. The number of aryl methyl sites for hydroxylation is 1. The summed E-state index contributed by atoms with van der Waals surface area (Å²) in [5, 5.41) is 22.8. The monoisotopic (exact) mass is 377 g/mol. The van der Waals surface area contributed by atoms with E-state index in [1.54, 1.807) is 31.2 Å². The van der Waals surface area contributed by atoms with Crippen LogP contribution in [0, 0.1) is 27.2 Å². The van der Waals surface area contributed by atoms with Gasteiger partial charge in [-0.15, -0.1) is 0 Å². The van der Waals surface area contributed by atoms with Crippen LogP contribution in [0.4, 0.5) is 17.1 Å². The number of carbonyl (C=O) groups is 2. The molecule has 3 aromatic rings. The molecule has 0 saturated heterocycles. The second-order valence-electron chi connectivity index (χ2n) is 6.38. The van der Waals surface area contributed by atoms with Crippen LogP contribution in [-0.2, 0) is 0 Å². The van der Waals surface area contributed by atoms with E-state index in [0.29, 0.717) is 0 Å². The van der Waals surface area contributed by atoms with Crippen molar-refractivity contribution in [3.8, 4) is 0 Å². The number of non-ortho nitro benzene ring substituents is 2. The molecule has 0 aromatic heterocycles. The molecule has 0 atom stereocenters. The van der Waals surface area contributed by atoms with Gasteiger partial charge in [0.2, 0.25) is 0 Å². The van der Waals surface area contributed by atoms with Gasteiger partial charge in [-0.2, -0.15) is 0 Å². The van der Waals surface area contributed by atoms with E-state index < -0.39 is 21.7 Å². The van der Waals surface area contributed by atoms with E-state index in [1.165, 1.54) is 0 Å². The van der Waals surface area contributed by atoms with Crippen LogP contribution in [0.15, 0.2) is 48.5 Å². The Labute approximate surface area is 157 Å². The molecule has 0 radical (unpaired) electrons. The van der Waals surface area contributed by atoms with Crippen LogP contribution < -0.4 is 4.90 Å². The topological polar surface area (TPSA) is 124 Å². The van der Waals surface area contributed by atoms with E-state index in [4.69, 9.17) is 0 Å². The predicted molar refractivity (Wildman–Crippen MR) is 99.6 cm³/mol. The molecule has 0 saturated carbocycles. The molecule has 0 unspecified atom stereocenters. The summed E-state index contributed by atoms with van der Waals surface area (Å²) in [5.74, 6) is -1.43. The lowest BCUT2D eigenvalue weighted by molar-refractivity contribution is -0.385. The number of rotatable bonds is 3. The van der Waals surface area contributed by atoms with Gasteiger partial charge in [0.05, 0.1) is 26.7 Å². The molecule has 1 aliphatic heterocycles. The third kappa shape index (κ3) is 2.49. The molecule has 1 aliphatic rings. The van der Waals surface area contributed by atoms with E-state index in [9.17, 15) is 29.8 Å². The second-order valence-corrected chi connectivity index (χ2v) is 6.38. The number of carbonyl (C=O) groups excluding carboxylic acids is 2. The van der Waals surface area contributed by atoms with Gasteiger partial charge >= 0.3 is 0 Å². The quantitative estimate of drug-likeness (QED) is 0.389. The minimum absolute atomic E-state index is 0.0461. The third-order valence-corrected chi connectivity index (χ3v) is 4.57. The highest BCUT2D eigenvalue weighted by Crippen LogP contribution is 2.37. The highest BCUT2D eigenvalue weighted by atomic mass is 16.6. The fourth-order valence-electron chi connectivity index (χ4n) is 3.37. The van der Waals surface area contributed by atoms with Gasteiger partial charge in [0.25, 0.3) is 23.2 Å². The van der Waals surface area contributed by atoms with E-state index >= 15 is 0 Å². The molecule has 28 heavy (non-hydrogen) atoms. The molecule has 3 aromatic carbocycles. The lowest BCUT2D eigenvalue weighted by atomic mass is 9.92. The predicted octanol–water partition coefficient (Wildman–Crippen LogP) is 3.77. The Morgan fingerprint density at radius 1 is 0.821 bits per heavy atom. The van der Waals surface area contributed by atoms with Crippen LogP contribution in [0.25, 0.3) is 10.8 Å². The minimum Gasteiger partial charge on any atom is -0.268 e. The first-order chi connectivity index (χ1) is 13.3. The van der Waals surface area contributed by atoms with Crippen LogP contribution in [-0.4, -0.2) is 21.7 Å². The summed E-state index contributed by atoms with van der Waals surface area (Å²) in [6, 6.07) is 11.1. The van der Waals surface area contributed by atoms with Crippen molar-refractivity contribution in [2.75, 3.05) is 4.90 Å². The number of nitrogens with zero attached hydrogens (tertiary/aromatic N) is 3. The highest BCUT2D eigenvalue weighted by Gasteiger charge is 2.36. The lowest BCUT2D eigenvalue weighted by Crippen LogP contribution is -2.40. The summed E-state index contributed by atoms with van der Waals surface area (Å²) in [6.45, 7) is 1.78.